The molecular formula is C17H20N6O. The SMILES string of the molecule is COc1ccc(-c2[nH]ncc2CNc2nccnc2N(C)C)cc1. The van der Waals surface area contributed by atoms with E-state index in [2.05, 4.69) is 25.5 Å². The number of hydrogen-bond donors (Lipinski definition) is 2. The van der Waals surface area contributed by atoms with Crippen molar-refractivity contribution >= 4 is 11.6 Å². The third kappa shape index (κ3) is 3.29. The van der Waals surface area contributed by atoms with Gasteiger partial charge in [-0.3, -0.25) is 5.10 Å². The Bertz CT molecular complexity index is 797. The van der Waals surface area contributed by atoms with Crippen LogP contribution in [0, 0.1) is 0 Å². The molecule has 0 unspecified atom stereocenters. The highest BCUT2D eigenvalue weighted by Crippen LogP contribution is 2.25. The van der Waals surface area contributed by atoms with Gasteiger partial charge in [0.15, 0.2) is 11.6 Å². The molecular weight excluding hydrogens is 304 g/mol. The average molecular weight is 324 g/mol. The zero-order valence-corrected chi connectivity index (χ0v) is 13.9. The number of ether oxygens (including phenoxy) is 1. The third-order valence-corrected chi connectivity index (χ3v) is 3.65. The number of methoxy groups -OCH3 is 1. The van der Waals surface area contributed by atoms with Crippen LogP contribution in [-0.2, 0) is 6.54 Å². The van der Waals surface area contributed by atoms with Crippen LogP contribution >= 0.6 is 0 Å². The van der Waals surface area contributed by atoms with Gasteiger partial charge in [-0.25, -0.2) is 9.97 Å². The Kier molecular flexibility index (Phi) is 4.60. The van der Waals surface area contributed by atoms with Gasteiger partial charge in [-0.2, -0.15) is 5.10 Å². The number of rotatable bonds is 6. The van der Waals surface area contributed by atoms with Gasteiger partial charge < -0.3 is 15.0 Å². The Hall–Kier alpha value is -3.09. The first kappa shape index (κ1) is 15.8. The highest BCUT2D eigenvalue weighted by atomic mass is 16.5. The zero-order valence-electron chi connectivity index (χ0n) is 13.9. The fourth-order valence-electron chi connectivity index (χ4n) is 2.41. The smallest absolute Gasteiger partial charge is 0.171 e. The molecule has 24 heavy (non-hydrogen) atoms. The molecule has 1 aromatic carbocycles. The molecule has 0 fully saturated rings. The molecule has 0 radical (unpaired) electrons. The Morgan fingerprint density at radius 2 is 1.88 bits per heavy atom. The lowest BCUT2D eigenvalue weighted by atomic mass is 10.1. The Labute approximate surface area is 140 Å². The first-order valence-electron chi connectivity index (χ1n) is 7.58. The Balaban J connectivity index is 1.79. The van der Waals surface area contributed by atoms with E-state index in [9.17, 15) is 0 Å². The molecule has 124 valence electrons. The first-order valence-corrected chi connectivity index (χ1v) is 7.58. The Morgan fingerprint density at radius 3 is 2.58 bits per heavy atom. The van der Waals surface area contributed by atoms with Crippen LogP contribution in [0.25, 0.3) is 11.3 Å². The number of nitrogens with one attached hydrogen (secondary N) is 2. The lowest BCUT2D eigenvalue weighted by molar-refractivity contribution is 0.415. The molecule has 0 aliphatic carbocycles. The molecule has 3 aromatic rings. The molecule has 0 saturated carbocycles. The highest BCUT2D eigenvalue weighted by Gasteiger charge is 2.11. The van der Waals surface area contributed by atoms with E-state index in [1.165, 1.54) is 0 Å². The van der Waals surface area contributed by atoms with Crippen LogP contribution in [0.1, 0.15) is 5.56 Å². The predicted molar refractivity (Wildman–Crippen MR) is 94.3 cm³/mol. The molecule has 2 heterocycles. The maximum absolute atomic E-state index is 5.20. The summed E-state index contributed by atoms with van der Waals surface area (Å²) in [5.41, 5.74) is 3.08. The van der Waals surface area contributed by atoms with Gasteiger partial charge in [0.05, 0.1) is 19.0 Å². The van der Waals surface area contributed by atoms with Gasteiger partial charge in [0.1, 0.15) is 5.75 Å². The minimum Gasteiger partial charge on any atom is -0.497 e. The lowest BCUT2D eigenvalue weighted by Crippen LogP contribution is -2.14. The predicted octanol–water partition coefficient (Wildman–Crippen LogP) is 2.55. The van der Waals surface area contributed by atoms with E-state index in [4.69, 9.17) is 4.74 Å². The van der Waals surface area contributed by atoms with E-state index in [1.807, 2.05) is 49.5 Å². The molecule has 0 aliphatic heterocycles. The van der Waals surface area contributed by atoms with Crippen molar-refractivity contribution in [2.75, 3.05) is 31.4 Å². The van der Waals surface area contributed by atoms with Crippen LogP contribution in [0.5, 0.6) is 5.75 Å². The van der Waals surface area contributed by atoms with Crippen LogP contribution in [0.4, 0.5) is 11.6 Å². The van der Waals surface area contributed by atoms with Gasteiger partial charge in [0.25, 0.3) is 0 Å². The summed E-state index contributed by atoms with van der Waals surface area (Å²) >= 11 is 0. The summed E-state index contributed by atoms with van der Waals surface area (Å²) in [4.78, 5) is 10.6. The molecule has 2 N–H and O–H groups in total. The van der Waals surface area contributed by atoms with E-state index < -0.39 is 0 Å². The number of H-pyrrole nitrogens is 1. The van der Waals surface area contributed by atoms with Crippen molar-refractivity contribution in [3.05, 3.63) is 48.4 Å². The number of aromatic amines is 1. The van der Waals surface area contributed by atoms with Crippen LogP contribution in [0.3, 0.4) is 0 Å². The second kappa shape index (κ2) is 6.99. The third-order valence-electron chi connectivity index (χ3n) is 3.65. The minimum absolute atomic E-state index is 0.595. The van der Waals surface area contributed by atoms with Gasteiger partial charge in [0, 0.05) is 44.2 Å². The summed E-state index contributed by atoms with van der Waals surface area (Å²) in [6.45, 7) is 0.595. The topological polar surface area (TPSA) is 79.0 Å². The van der Waals surface area contributed by atoms with Crippen LogP contribution in [0.15, 0.2) is 42.9 Å². The number of anilines is 2. The Morgan fingerprint density at radius 1 is 1.12 bits per heavy atom. The van der Waals surface area contributed by atoms with E-state index in [-0.39, 0.29) is 0 Å². The summed E-state index contributed by atoms with van der Waals surface area (Å²) in [5.74, 6) is 2.37. The van der Waals surface area contributed by atoms with Crippen molar-refractivity contribution < 1.29 is 4.74 Å². The molecule has 2 aromatic heterocycles. The minimum atomic E-state index is 0.595. The summed E-state index contributed by atoms with van der Waals surface area (Å²) < 4.78 is 5.20. The van der Waals surface area contributed by atoms with E-state index >= 15 is 0 Å². The standard InChI is InChI=1S/C17H20N6O/c1-23(2)17-16(18-8-9-19-17)20-10-13-11-21-22-15(13)12-4-6-14(24-3)7-5-12/h4-9,11H,10H2,1-3H3,(H,18,20)(H,21,22). The van der Waals surface area contributed by atoms with Crippen LogP contribution < -0.4 is 15.0 Å². The van der Waals surface area contributed by atoms with E-state index in [0.29, 0.717) is 6.54 Å². The van der Waals surface area contributed by atoms with Crippen LogP contribution in [0.2, 0.25) is 0 Å². The quantitative estimate of drug-likeness (QED) is 0.725. The molecule has 0 atom stereocenters. The summed E-state index contributed by atoms with van der Waals surface area (Å²) in [6, 6.07) is 7.87. The number of nitrogens with zero attached hydrogens (tertiary/aromatic N) is 4. The number of aromatic nitrogens is 4. The molecule has 0 amide bonds. The summed E-state index contributed by atoms with van der Waals surface area (Å²) in [5, 5.41) is 10.6. The van der Waals surface area contributed by atoms with Gasteiger partial charge in [-0.15, -0.1) is 0 Å². The molecule has 7 heteroatoms. The van der Waals surface area contributed by atoms with Gasteiger partial charge in [-0.1, -0.05) is 0 Å². The van der Waals surface area contributed by atoms with Crippen LogP contribution in [-0.4, -0.2) is 41.4 Å². The number of hydrogen-bond acceptors (Lipinski definition) is 6. The fourth-order valence-corrected chi connectivity index (χ4v) is 2.41. The zero-order chi connectivity index (χ0) is 16.9. The van der Waals surface area contributed by atoms with E-state index in [1.54, 1.807) is 19.5 Å². The van der Waals surface area contributed by atoms with Gasteiger partial charge >= 0.3 is 0 Å². The average Bonchev–Trinajstić information content (AvgIpc) is 3.08. The summed E-state index contributed by atoms with van der Waals surface area (Å²) in [7, 11) is 5.54. The van der Waals surface area contributed by atoms with Crippen molar-refractivity contribution in [3.8, 4) is 17.0 Å². The molecule has 0 bridgehead atoms. The van der Waals surface area contributed by atoms with Crippen molar-refractivity contribution in [3.63, 3.8) is 0 Å². The fraction of sp³-hybridized carbons (Fsp3) is 0.235. The first-order chi connectivity index (χ1) is 11.7. The molecule has 0 saturated heterocycles. The largest absolute Gasteiger partial charge is 0.497 e. The monoisotopic (exact) mass is 324 g/mol. The molecule has 0 spiro atoms. The van der Waals surface area contributed by atoms with Crippen molar-refractivity contribution in [2.24, 2.45) is 0 Å². The van der Waals surface area contributed by atoms with Crippen molar-refractivity contribution in [2.45, 2.75) is 6.54 Å². The lowest BCUT2D eigenvalue weighted by Gasteiger charge is -2.15. The van der Waals surface area contributed by atoms with Gasteiger partial charge in [-0.05, 0) is 24.3 Å². The number of benzene rings is 1. The van der Waals surface area contributed by atoms with Gasteiger partial charge in [0.2, 0.25) is 0 Å². The molecule has 7 nitrogen and oxygen atoms in total. The normalized spacial score (nSPS) is 10.5. The molecule has 3 rings (SSSR count). The van der Waals surface area contributed by atoms with E-state index in [0.717, 1.165) is 34.2 Å². The maximum Gasteiger partial charge on any atom is 0.171 e. The second-order valence-electron chi connectivity index (χ2n) is 5.48. The second-order valence-corrected chi connectivity index (χ2v) is 5.48. The van der Waals surface area contributed by atoms with Crippen molar-refractivity contribution in [1.82, 2.24) is 20.2 Å². The summed E-state index contributed by atoms with van der Waals surface area (Å²) in [6.07, 6.45) is 5.18. The highest BCUT2D eigenvalue weighted by molar-refractivity contribution is 5.65. The molecule has 0 aliphatic rings. The van der Waals surface area contributed by atoms with Crippen molar-refractivity contribution in [1.29, 1.82) is 0 Å². The maximum atomic E-state index is 5.20.